The van der Waals surface area contributed by atoms with Gasteiger partial charge in [0.25, 0.3) is 0 Å². The minimum absolute atomic E-state index is 0.856. The minimum atomic E-state index is 0.856. The van der Waals surface area contributed by atoms with Crippen LogP contribution in [0.25, 0.3) is 0 Å². The van der Waals surface area contributed by atoms with Gasteiger partial charge in [0.1, 0.15) is 17.2 Å². The summed E-state index contributed by atoms with van der Waals surface area (Å²) in [5, 5.41) is 0. The van der Waals surface area contributed by atoms with Crippen molar-refractivity contribution < 1.29 is 4.74 Å². The Kier molecular flexibility index (Phi) is 9.21. The predicted molar refractivity (Wildman–Crippen MR) is 128 cm³/mol. The largest absolute Gasteiger partial charge is 0.460 e. The molecule has 166 valence electrons. The number of rotatable bonds is 6. The van der Waals surface area contributed by atoms with Crippen LogP contribution < -0.4 is 0 Å². The Labute approximate surface area is 183 Å². The molecule has 0 spiro atoms. The van der Waals surface area contributed by atoms with E-state index in [1.54, 1.807) is 7.05 Å². The number of unbranched alkanes of at least 4 members (excludes halogenated alkanes) is 1. The van der Waals surface area contributed by atoms with Crippen LogP contribution >= 0.6 is 0 Å². The van der Waals surface area contributed by atoms with Gasteiger partial charge in [-0.2, -0.15) is 0 Å². The van der Waals surface area contributed by atoms with Crippen molar-refractivity contribution in [2.24, 2.45) is 9.98 Å². The zero-order valence-corrected chi connectivity index (χ0v) is 19.7. The van der Waals surface area contributed by atoms with E-state index in [2.05, 4.69) is 58.6 Å². The van der Waals surface area contributed by atoms with Gasteiger partial charge < -0.3 is 19.4 Å². The monoisotopic (exact) mass is 413 g/mol. The molecule has 6 heteroatoms. The molecule has 0 atom stereocenters. The normalized spacial score (nSPS) is 22.7. The van der Waals surface area contributed by atoms with Crippen LogP contribution in [0.5, 0.6) is 0 Å². The average molecular weight is 414 g/mol. The van der Waals surface area contributed by atoms with Crippen molar-refractivity contribution in [2.45, 2.75) is 39.5 Å². The number of hydrogen-bond donors (Lipinski definition) is 0. The number of hydrogen-bond acceptors (Lipinski definition) is 5. The number of allylic oxidation sites excluding steroid dienone is 4. The quantitative estimate of drug-likeness (QED) is 0.486. The summed E-state index contributed by atoms with van der Waals surface area (Å²) < 4.78 is 6.20. The zero-order valence-electron chi connectivity index (χ0n) is 19.7. The maximum absolute atomic E-state index is 6.20. The van der Waals surface area contributed by atoms with Gasteiger partial charge in [-0.1, -0.05) is 26.0 Å². The average Bonchev–Trinajstić information content (AvgIpc) is 2.76. The summed E-state index contributed by atoms with van der Waals surface area (Å²) in [6.07, 6.45) is 10.9. The summed E-state index contributed by atoms with van der Waals surface area (Å²) in [6.45, 7) is 12.1. The number of piperazine rings is 1. The molecule has 30 heavy (non-hydrogen) atoms. The fraction of sp³-hybridized carbons (Fsp3) is 0.583. The van der Waals surface area contributed by atoms with Gasteiger partial charge >= 0.3 is 0 Å². The van der Waals surface area contributed by atoms with E-state index >= 15 is 0 Å². The molecule has 0 amide bonds. The lowest BCUT2D eigenvalue weighted by Crippen LogP contribution is -2.50. The van der Waals surface area contributed by atoms with E-state index in [1.165, 1.54) is 12.0 Å². The molecule has 2 heterocycles. The van der Waals surface area contributed by atoms with Gasteiger partial charge in [0.15, 0.2) is 5.84 Å². The van der Waals surface area contributed by atoms with Crippen LogP contribution in [0.2, 0.25) is 0 Å². The highest BCUT2D eigenvalue weighted by Gasteiger charge is 2.24. The highest BCUT2D eigenvalue weighted by Crippen LogP contribution is 2.30. The SMILES string of the molecule is C=C(C(=N/C)/C(=N\C)N1CCN(/C=C2\CCC(=C/CCC)/C(=C\C)O2)CC1)N(C)C. The van der Waals surface area contributed by atoms with Crippen LogP contribution in [0.1, 0.15) is 39.5 Å². The Morgan fingerprint density at radius 2 is 1.83 bits per heavy atom. The maximum atomic E-state index is 6.20. The molecule has 0 aliphatic carbocycles. The molecule has 0 unspecified atom stereocenters. The van der Waals surface area contributed by atoms with E-state index in [9.17, 15) is 0 Å². The standard InChI is InChI=1S/C24H39N5O/c1-8-10-11-20-12-13-21(30-22(20)9-2)18-28-14-16-29(17-15-28)24(26-5)23(25-4)19(3)27(6)7/h9,11,18H,3,8,10,12-17H2,1-2,4-7H3/b20-11-,21-18+,22-9+,25-23-,26-24+. The van der Waals surface area contributed by atoms with Crippen molar-refractivity contribution in [3.63, 3.8) is 0 Å². The minimum Gasteiger partial charge on any atom is -0.460 e. The van der Waals surface area contributed by atoms with Crippen LogP contribution in [0, 0.1) is 0 Å². The van der Waals surface area contributed by atoms with Crippen molar-refractivity contribution in [1.29, 1.82) is 0 Å². The molecule has 2 saturated heterocycles. The first-order chi connectivity index (χ1) is 14.4. The van der Waals surface area contributed by atoms with Gasteiger partial charge in [-0.3, -0.25) is 9.98 Å². The molecule has 0 bridgehead atoms. The molecule has 0 aromatic rings. The molecule has 0 aromatic heterocycles. The fourth-order valence-electron chi connectivity index (χ4n) is 3.73. The van der Waals surface area contributed by atoms with Gasteiger partial charge in [0.05, 0.1) is 5.70 Å². The first-order valence-corrected chi connectivity index (χ1v) is 11.0. The summed E-state index contributed by atoms with van der Waals surface area (Å²) >= 11 is 0. The lowest BCUT2D eigenvalue weighted by Gasteiger charge is -2.37. The fourth-order valence-corrected chi connectivity index (χ4v) is 3.73. The number of aliphatic imine (C=N–C) groups is 2. The molecule has 2 rings (SSSR count). The Hall–Kier alpha value is -2.50. The van der Waals surface area contributed by atoms with Crippen LogP contribution in [0.3, 0.4) is 0 Å². The highest BCUT2D eigenvalue weighted by atomic mass is 16.5. The van der Waals surface area contributed by atoms with Crippen molar-refractivity contribution >= 4 is 11.5 Å². The molecule has 0 radical (unpaired) electrons. The summed E-state index contributed by atoms with van der Waals surface area (Å²) in [6, 6.07) is 0. The lowest BCUT2D eigenvalue weighted by atomic mass is 10.0. The van der Waals surface area contributed by atoms with E-state index < -0.39 is 0 Å². The van der Waals surface area contributed by atoms with E-state index in [4.69, 9.17) is 4.74 Å². The first-order valence-electron chi connectivity index (χ1n) is 11.0. The van der Waals surface area contributed by atoms with Gasteiger partial charge in [-0.25, -0.2) is 0 Å². The molecular formula is C24H39N5O. The Bertz CT molecular complexity index is 750. The summed E-state index contributed by atoms with van der Waals surface area (Å²) in [5.74, 6) is 3.00. The Morgan fingerprint density at radius 3 is 2.37 bits per heavy atom. The second-order valence-electron chi connectivity index (χ2n) is 7.85. The van der Waals surface area contributed by atoms with Gasteiger partial charge in [0, 0.05) is 67.0 Å². The molecule has 0 saturated carbocycles. The van der Waals surface area contributed by atoms with Crippen LogP contribution in [0.15, 0.2) is 57.7 Å². The predicted octanol–water partition coefficient (Wildman–Crippen LogP) is 4.06. The first kappa shape index (κ1) is 23.8. The summed E-state index contributed by atoms with van der Waals surface area (Å²) in [7, 11) is 7.60. The third-order valence-corrected chi connectivity index (χ3v) is 5.54. The second kappa shape index (κ2) is 11.6. The molecule has 0 N–H and O–H groups in total. The Morgan fingerprint density at radius 1 is 1.13 bits per heavy atom. The van der Waals surface area contributed by atoms with E-state index in [0.717, 1.165) is 74.2 Å². The third kappa shape index (κ3) is 6.00. The Balaban J connectivity index is 2.00. The molecule has 2 aliphatic heterocycles. The van der Waals surface area contributed by atoms with Crippen molar-refractivity contribution in [2.75, 3.05) is 54.4 Å². The number of amidine groups is 1. The van der Waals surface area contributed by atoms with E-state index in [1.807, 2.05) is 26.0 Å². The lowest BCUT2D eigenvalue weighted by molar-refractivity contribution is 0.215. The van der Waals surface area contributed by atoms with Crippen LogP contribution in [0.4, 0.5) is 0 Å². The van der Waals surface area contributed by atoms with E-state index in [0.29, 0.717) is 0 Å². The van der Waals surface area contributed by atoms with E-state index in [-0.39, 0.29) is 0 Å². The highest BCUT2D eigenvalue weighted by molar-refractivity contribution is 6.47. The van der Waals surface area contributed by atoms with Crippen molar-refractivity contribution in [3.05, 3.63) is 47.7 Å². The van der Waals surface area contributed by atoms with Gasteiger partial charge in [0.2, 0.25) is 0 Å². The molecule has 2 fully saturated rings. The summed E-state index contributed by atoms with van der Waals surface area (Å²) in [4.78, 5) is 15.6. The van der Waals surface area contributed by atoms with Crippen molar-refractivity contribution in [1.82, 2.24) is 14.7 Å². The molecular weight excluding hydrogens is 374 g/mol. The van der Waals surface area contributed by atoms with Gasteiger partial charge in [-0.05, 0) is 31.4 Å². The molecule has 6 nitrogen and oxygen atoms in total. The maximum Gasteiger partial charge on any atom is 0.151 e. The van der Waals surface area contributed by atoms with Gasteiger partial charge in [-0.15, -0.1) is 0 Å². The second-order valence-corrected chi connectivity index (χ2v) is 7.85. The van der Waals surface area contributed by atoms with Crippen LogP contribution in [-0.2, 0) is 4.74 Å². The number of ether oxygens (including phenoxy) is 1. The zero-order chi connectivity index (χ0) is 22.1. The van der Waals surface area contributed by atoms with Crippen molar-refractivity contribution in [3.8, 4) is 0 Å². The molecule has 0 aromatic carbocycles. The summed E-state index contributed by atoms with van der Waals surface area (Å²) in [5.41, 5.74) is 3.08. The smallest absolute Gasteiger partial charge is 0.151 e. The topological polar surface area (TPSA) is 43.7 Å². The number of nitrogens with zero attached hydrogens (tertiary/aromatic N) is 5. The van der Waals surface area contributed by atoms with Crippen LogP contribution in [-0.4, -0.2) is 80.6 Å². The third-order valence-electron chi connectivity index (χ3n) is 5.54. The molecule has 2 aliphatic rings.